The Labute approximate surface area is 88.8 Å². The van der Waals surface area contributed by atoms with E-state index in [0.29, 0.717) is 0 Å². The molecule has 0 aromatic rings. The lowest BCUT2D eigenvalue weighted by Crippen LogP contribution is -2.06. The van der Waals surface area contributed by atoms with Gasteiger partial charge in [-0.15, -0.1) is 0 Å². The van der Waals surface area contributed by atoms with Crippen molar-refractivity contribution in [3.63, 3.8) is 0 Å². The number of unbranched alkanes of at least 4 members (excludes halogenated alkanes) is 4. The van der Waals surface area contributed by atoms with Gasteiger partial charge in [-0.2, -0.15) is 0 Å². The molecule has 3 unspecified atom stereocenters. The van der Waals surface area contributed by atoms with Gasteiger partial charge in [0.1, 0.15) is 0 Å². The highest BCUT2D eigenvalue weighted by molar-refractivity contribution is 5.09. The van der Waals surface area contributed by atoms with Crippen molar-refractivity contribution in [1.82, 2.24) is 0 Å². The van der Waals surface area contributed by atoms with Crippen molar-refractivity contribution >= 4 is 0 Å². The molecule has 3 atom stereocenters. The zero-order valence-electron chi connectivity index (χ0n) is 9.54. The van der Waals surface area contributed by atoms with Gasteiger partial charge in [-0.05, 0) is 37.0 Å². The van der Waals surface area contributed by atoms with Gasteiger partial charge < -0.3 is 0 Å². The van der Waals surface area contributed by atoms with Crippen LogP contribution < -0.4 is 0 Å². The third kappa shape index (κ3) is 2.40. The molecule has 0 amide bonds. The molecular weight excluding hydrogens is 168 g/mol. The Kier molecular flexibility index (Phi) is 3.67. The summed E-state index contributed by atoms with van der Waals surface area (Å²) in [7, 11) is 0. The van der Waals surface area contributed by atoms with Crippen LogP contribution in [0.15, 0.2) is 12.2 Å². The van der Waals surface area contributed by atoms with Crippen molar-refractivity contribution in [2.24, 2.45) is 17.8 Å². The number of hydrogen-bond acceptors (Lipinski definition) is 0. The van der Waals surface area contributed by atoms with E-state index in [-0.39, 0.29) is 0 Å². The van der Waals surface area contributed by atoms with Crippen LogP contribution in [-0.4, -0.2) is 0 Å². The van der Waals surface area contributed by atoms with Crippen molar-refractivity contribution in [3.8, 4) is 0 Å². The molecule has 2 rings (SSSR count). The zero-order chi connectivity index (χ0) is 9.80. The van der Waals surface area contributed by atoms with Crippen LogP contribution in [0, 0.1) is 17.8 Å². The molecule has 2 aliphatic rings. The summed E-state index contributed by atoms with van der Waals surface area (Å²) in [6, 6.07) is 0. The zero-order valence-corrected chi connectivity index (χ0v) is 9.54. The summed E-state index contributed by atoms with van der Waals surface area (Å²) < 4.78 is 0. The van der Waals surface area contributed by atoms with Crippen LogP contribution in [0.25, 0.3) is 0 Å². The number of fused-ring (bicyclic) bond motifs is 2. The normalized spacial score (nSPS) is 34.2. The fraction of sp³-hybridized carbons (Fsp3) is 0.857. The average Bonchev–Trinajstić information content (AvgIpc) is 2.79. The molecule has 0 spiro atoms. The minimum atomic E-state index is 0.973. The van der Waals surface area contributed by atoms with Gasteiger partial charge in [0, 0.05) is 0 Å². The molecule has 2 bridgehead atoms. The van der Waals surface area contributed by atoms with Crippen molar-refractivity contribution < 1.29 is 0 Å². The SMILES string of the molecule is CCCCCCCC1CC2C=CC1C2. The molecule has 0 heterocycles. The van der Waals surface area contributed by atoms with Crippen molar-refractivity contribution in [2.45, 2.75) is 58.3 Å². The second kappa shape index (κ2) is 5.00. The van der Waals surface area contributed by atoms with E-state index in [2.05, 4.69) is 19.1 Å². The molecule has 0 aromatic heterocycles. The van der Waals surface area contributed by atoms with Crippen LogP contribution in [0.2, 0.25) is 0 Å². The number of hydrogen-bond donors (Lipinski definition) is 0. The highest BCUT2D eigenvalue weighted by Crippen LogP contribution is 2.45. The average molecular weight is 192 g/mol. The van der Waals surface area contributed by atoms with Gasteiger partial charge >= 0.3 is 0 Å². The molecule has 0 aromatic carbocycles. The lowest BCUT2D eigenvalue weighted by Gasteiger charge is -2.17. The maximum atomic E-state index is 2.49. The first kappa shape index (κ1) is 10.3. The molecule has 80 valence electrons. The van der Waals surface area contributed by atoms with E-state index in [0.717, 1.165) is 17.8 Å². The predicted molar refractivity (Wildman–Crippen MR) is 62.2 cm³/mol. The van der Waals surface area contributed by atoms with Gasteiger partial charge in [-0.3, -0.25) is 0 Å². The fourth-order valence-corrected chi connectivity index (χ4v) is 3.24. The van der Waals surface area contributed by atoms with E-state index in [1.807, 2.05) is 0 Å². The molecule has 0 radical (unpaired) electrons. The summed E-state index contributed by atoms with van der Waals surface area (Å²) in [5.74, 6) is 3.01. The van der Waals surface area contributed by atoms with Crippen molar-refractivity contribution in [3.05, 3.63) is 12.2 Å². The molecule has 0 heteroatoms. The standard InChI is InChI=1S/C14H24/c1-2-3-4-5-6-7-13-10-12-8-9-14(13)11-12/h8-9,12-14H,2-7,10-11H2,1H3. The van der Waals surface area contributed by atoms with Crippen molar-refractivity contribution in [2.75, 3.05) is 0 Å². The maximum absolute atomic E-state index is 2.49. The lowest BCUT2D eigenvalue weighted by atomic mass is 9.88. The largest absolute Gasteiger partial charge is 0.0851 e. The Hall–Kier alpha value is -0.260. The summed E-state index contributed by atoms with van der Waals surface area (Å²) in [4.78, 5) is 0. The summed E-state index contributed by atoms with van der Waals surface area (Å²) in [5.41, 5.74) is 0. The van der Waals surface area contributed by atoms with Crippen LogP contribution in [0.1, 0.15) is 58.3 Å². The van der Waals surface area contributed by atoms with Crippen LogP contribution >= 0.6 is 0 Å². The Morgan fingerprint density at radius 2 is 1.86 bits per heavy atom. The summed E-state index contributed by atoms with van der Waals surface area (Å²) in [5, 5.41) is 0. The summed E-state index contributed by atoms with van der Waals surface area (Å²) >= 11 is 0. The maximum Gasteiger partial charge on any atom is -0.0199 e. The topological polar surface area (TPSA) is 0 Å². The van der Waals surface area contributed by atoms with Gasteiger partial charge in [0.2, 0.25) is 0 Å². The molecular formula is C14H24. The third-order valence-corrected chi connectivity index (χ3v) is 4.09. The van der Waals surface area contributed by atoms with Crippen LogP contribution in [-0.2, 0) is 0 Å². The third-order valence-electron chi connectivity index (χ3n) is 4.09. The number of rotatable bonds is 6. The van der Waals surface area contributed by atoms with Crippen LogP contribution in [0.4, 0.5) is 0 Å². The molecule has 1 fully saturated rings. The van der Waals surface area contributed by atoms with E-state index in [4.69, 9.17) is 0 Å². The van der Waals surface area contributed by atoms with E-state index < -0.39 is 0 Å². The van der Waals surface area contributed by atoms with Gasteiger partial charge in [-0.25, -0.2) is 0 Å². The molecule has 0 aliphatic heterocycles. The quantitative estimate of drug-likeness (QED) is 0.427. The lowest BCUT2D eigenvalue weighted by molar-refractivity contribution is 0.394. The van der Waals surface area contributed by atoms with E-state index in [1.54, 1.807) is 0 Å². The first-order chi connectivity index (χ1) is 6.90. The molecule has 14 heavy (non-hydrogen) atoms. The minimum absolute atomic E-state index is 0.973. The first-order valence-electron chi connectivity index (χ1n) is 6.58. The Morgan fingerprint density at radius 1 is 1.00 bits per heavy atom. The van der Waals surface area contributed by atoms with E-state index in [9.17, 15) is 0 Å². The highest BCUT2D eigenvalue weighted by atomic mass is 14.4. The molecule has 2 aliphatic carbocycles. The Bertz CT molecular complexity index is 192. The van der Waals surface area contributed by atoms with Crippen LogP contribution in [0.5, 0.6) is 0 Å². The second-order valence-electron chi connectivity index (χ2n) is 5.24. The highest BCUT2D eigenvalue weighted by Gasteiger charge is 2.34. The molecule has 0 N–H and O–H groups in total. The molecule has 0 nitrogen and oxygen atoms in total. The Balaban J connectivity index is 1.56. The molecule has 1 saturated carbocycles. The van der Waals surface area contributed by atoms with Gasteiger partial charge in [0.25, 0.3) is 0 Å². The van der Waals surface area contributed by atoms with E-state index in [1.165, 1.54) is 51.4 Å². The van der Waals surface area contributed by atoms with Gasteiger partial charge in [0.05, 0.1) is 0 Å². The summed E-state index contributed by atoms with van der Waals surface area (Å²) in [6.07, 6.45) is 16.7. The minimum Gasteiger partial charge on any atom is -0.0851 e. The van der Waals surface area contributed by atoms with E-state index >= 15 is 0 Å². The summed E-state index contributed by atoms with van der Waals surface area (Å²) in [6.45, 7) is 2.29. The Morgan fingerprint density at radius 3 is 2.50 bits per heavy atom. The van der Waals surface area contributed by atoms with Crippen molar-refractivity contribution in [1.29, 1.82) is 0 Å². The smallest absolute Gasteiger partial charge is 0.0199 e. The fourth-order valence-electron chi connectivity index (χ4n) is 3.24. The predicted octanol–water partition coefficient (Wildman–Crippen LogP) is 4.56. The first-order valence-corrected chi connectivity index (χ1v) is 6.58. The number of allylic oxidation sites excluding steroid dienone is 2. The monoisotopic (exact) mass is 192 g/mol. The van der Waals surface area contributed by atoms with Gasteiger partial charge in [-0.1, -0.05) is 51.2 Å². The van der Waals surface area contributed by atoms with Crippen LogP contribution in [0.3, 0.4) is 0 Å². The second-order valence-corrected chi connectivity index (χ2v) is 5.24. The molecule has 0 saturated heterocycles. The van der Waals surface area contributed by atoms with Gasteiger partial charge in [0.15, 0.2) is 0 Å².